The first-order valence-corrected chi connectivity index (χ1v) is 6.54. The van der Waals surface area contributed by atoms with Gasteiger partial charge in [-0.1, -0.05) is 6.92 Å². The van der Waals surface area contributed by atoms with E-state index in [4.69, 9.17) is 4.74 Å². The van der Waals surface area contributed by atoms with E-state index in [-0.39, 0.29) is 12.0 Å². The standard InChI is InChI=1S/C13H20N4O2/c1-4-11(18)17-8-5-10(9-17)19-13-12(16(2)3)14-6-7-15-13/h6-7,10H,4-5,8-9H2,1-3H3. The largest absolute Gasteiger partial charge is 0.470 e. The van der Waals surface area contributed by atoms with E-state index in [1.165, 1.54) is 0 Å². The molecule has 0 spiro atoms. The second kappa shape index (κ2) is 5.86. The van der Waals surface area contributed by atoms with Gasteiger partial charge in [0.1, 0.15) is 6.10 Å². The first kappa shape index (κ1) is 13.6. The Bertz CT molecular complexity index is 450. The molecule has 1 aromatic rings. The molecule has 1 atom stereocenters. The summed E-state index contributed by atoms with van der Waals surface area (Å²) in [6.45, 7) is 3.27. The van der Waals surface area contributed by atoms with Crippen LogP contribution in [0.2, 0.25) is 0 Å². The van der Waals surface area contributed by atoms with Gasteiger partial charge in [-0.3, -0.25) is 4.79 Å². The summed E-state index contributed by atoms with van der Waals surface area (Å²) in [5.74, 6) is 1.42. The van der Waals surface area contributed by atoms with Crippen molar-refractivity contribution >= 4 is 11.7 Å². The summed E-state index contributed by atoms with van der Waals surface area (Å²) in [4.78, 5) is 23.8. The van der Waals surface area contributed by atoms with Crippen LogP contribution in [-0.2, 0) is 4.79 Å². The number of hydrogen-bond donors (Lipinski definition) is 0. The molecule has 1 saturated heterocycles. The number of carbonyl (C=O) groups excluding carboxylic acids is 1. The van der Waals surface area contributed by atoms with Crippen molar-refractivity contribution in [3.63, 3.8) is 0 Å². The van der Waals surface area contributed by atoms with E-state index in [0.29, 0.717) is 24.7 Å². The molecule has 0 saturated carbocycles. The van der Waals surface area contributed by atoms with E-state index in [1.54, 1.807) is 12.4 Å². The first-order chi connectivity index (χ1) is 9.11. The van der Waals surface area contributed by atoms with E-state index in [0.717, 1.165) is 13.0 Å². The number of anilines is 1. The molecule has 0 bridgehead atoms. The molecule has 6 heteroatoms. The lowest BCUT2D eigenvalue weighted by molar-refractivity contribution is -0.130. The lowest BCUT2D eigenvalue weighted by Gasteiger charge is -2.19. The third kappa shape index (κ3) is 3.13. The minimum Gasteiger partial charge on any atom is -0.470 e. The maximum Gasteiger partial charge on any atom is 0.257 e. The van der Waals surface area contributed by atoms with Crippen molar-refractivity contribution in [3.8, 4) is 5.88 Å². The second-order valence-electron chi connectivity index (χ2n) is 4.80. The number of rotatable bonds is 4. The van der Waals surface area contributed by atoms with Crippen molar-refractivity contribution in [2.75, 3.05) is 32.1 Å². The van der Waals surface area contributed by atoms with Gasteiger partial charge in [-0.25, -0.2) is 9.97 Å². The molecule has 6 nitrogen and oxygen atoms in total. The molecule has 1 fully saturated rings. The van der Waals surface area contributed by atoms with Gasteiger partial charge in [-0.15, -0.1) is 0 Å². The van der Waals surface area contributed by atoms with Crippen LogP contribution in [0.5, 0.6) is 5.88 Å². The summed E-state index contributed by atoms with van der Waals surface area (Å²) >= 11 is 0. The molecular weight excluding hydrogens is 244 g/mol. The van der Waals surface area contributed by atoms with Crippen molar-refractivity contribution in [1.82, 2.24) is 14.9 Å². The minimum atomic E-state index is 0.00546. The molecular formula is C13H20N4O2. The summed E-state index contributed by atoms with van der Waals surface area (Å²) in [7, 11) is 3.80. The number of likely N-dealkylation sites (tertiary alicyclic amines) is 1. The van der Waals surface area contributed by atoms with Gasteiger partial charge < -0.3 is 14.5 Å². The molecule has 2 heterocycles. The molecule has 1 aliphatic heterocycles. The summed E-state index contributed by atoms with van der Waals surface area (Å²) in [6.07, 6.45) is 4.65. The summed E-state index contributed by atoms with van der Waals surface area (Å²) in [6, 6.07) is 0. The van der Waals surface area contributed by atoms with Crippen LogP contribution in [0.25, 0.3) is 0 Å². The number of hydrogen-bond acceptors (Lipinski definition) is 5. The van der Waals surface area contributed by atoms with Crippen molar-refractivity contribution < 1.29 is 9.53 Å². The Kier molecular flexibility index (Phi) is 4.19. The summed E-state index contributed by atoms with van der Waals surface area (Å²) in [5.41, 5.74) is 0. The average Bonchev–Trinajstić information content (AvgIpc) is 2.86. The molecule has 1 amide bonds. The van der Waals surface area contributed by atoms with Crippen LogP contribution in [-0.4, -0.2) is 54.1 Å². The maximum absolute atomic E-state index is 11.6. The molecule has 19 heavy (non-hydrogen) atoms. The fourth-order valence-electron chi connectivity index (χ4n) is 2.14. The van der Waals surface area contributed by atoms with E-state index >= 15 is 0 Å². The smallest absolute Gasteiger partial charge is 0.257 e. The van der Waals surface area contributed by atoms with Crippen molar-refractivity contribution in [2.24, 2.45) is 0 Å². The van der Waals surface area contributed by atoms with E-state index in [2.05, 4.69) is 9.97 Å². The monoisotopic (exact) mass is 264 g/mol. The topological polar surface area (TPSA) is 58.6 Å². The number of aromatic nitrogens is 2. The van der Waals surface area contributed by atoms with Crippen molar-refractivity contribution in [3.05, 3.63) is 12.4 Å². The van der Waals surface area contributed by atoms with Gasteiger partial charge in [0.2, 0.25) is 5.91 Å². The van der Waals surface area contributed by atoms with Gasteiger partial charge in [0, 0.05) is 45.9 Å². The van der Waals surface area contributed by atoms with Gasteiger partial charge in [-0.2, -0.15) is 0 Å². The molecule has 1 aliphatic rings. The maximum atomic E-state index is 11.6. The molecule has 2 rings (SSSR count). The normalized spacial score (nSPS) is 18.5. The highest BCUT2D eigenvalue weighted by molar-refractivity contribution is 5.76. The molecule has 0 N–H and O–H groups in total. The summed E-state index contributed by atoms with van der Waals surface area (Å²) in [5, 5.41) is 0. The number of nitrogens with zero attached hydrogens (tertiary/aromatic N) is 4. The van der Waals surface area contributed by atoms with Crippen LogP contribution in [0.3, 0.4) is 0 Å². The molecule has 1 aromatic heterocycles. The first-order valence-electron chi connectivity index (χ1n) is 6.54. The van der Waals surface area contributed by atoms with Gasteiger partial charge in [0.05, 0.1) is 6.54 Å². The molecule has 0 radical (unpaired) electrons. The van der Waals surface area contributed by atoms with Gasteiger partial charge >= 0.3 is 0 Å². The van der Waals surface area contributed by atoms with Crippen LogP contribution in [0, 0.1) is 0 Å². The summed E-state index contributed by atoms with van der Waals surface area (Å²) < 4.78 is 5.88. The fraction of sp³-hybridized carbons (Fsp3) is 0.615. The highest BCUT2D eigenvalue weighted by Crippen LogP contribution is 2.24. The third-order valence-corrected chi connectivity index (χ3v) is 3.15. The highest BCUT2D eigenvalue weighted by Gasteiger charge is 2.27. The predicted molar refractivity (Wildman–Crippen MR) is 72.3 cm³/mol. The third-order valence-electron chi connectivity index (χ3n) is 3.15. The van der Waals surface area contributed by atoms with Crippen LogP contribution < -0.4 is 9.64 Å². The Labute approximate surface area is 113 Å². The Hall–Kier alpha value is -1.85. The van der Waals surface area contributed by atoms with Crippen molar-refractivity contribution in [1.29, 1.82) is 0 Å². The number of amides is 1. The SMILES string of the molecule is CCC(=O)N1CCC(Oc2nccnc2N(C)C)C1. The predicted octanol–water partition coefficient (Wildman–Crippen LogP) is 0.932. The lowest BCUT2D eigenvalue weighted by Crippen LogP contribution is -2.30. The van der Waals surface area contributed by atoms with Crippen molar-refractivity contribution in [2.45, 2.75) is 25.9 Å². The Balaban J connectivity index is 2.01. The minimum absolute atomic E-state index is 0.00546. The molecule has 0 aromatic carbocycles. The van der Waals surface area contributed by atoms with E-state index in [1.807, 2.05) is 30.8 Å². The molecule has 104 valence electrons. The molecule has 1 unspecified atom stereocenters. The van der Waals surface area contributed by atoms with Gasteiger partial charge in [0.15, 0.2) is 5.82 Å². The fourth-order valence-corrected chi connectivity index (χ4v) is 2.14. The Morgan fingerprint density at radius 1 is 1.47 bits per heavy atom. The second-order valence-corrected chi connectivity index (χ2v) is 4.80. The zero-order chi connectivity index (χ0) is 13.8. The van der Waals surface area contributed by atoms with E-state index in [9.17, 15) is 4.79 Å². The molecule has 0 aliphatic carbocycles. The van der Waals surface area contributed by atoms with Gasteiger partial charge in [0.25, 0.3) is 5.88 Å². The van der Waals surface area contributed by atoms with Crippen LogP contribution in [0.1, 0.15) is 19.8 Å². The lowest BCUT2D eigenvalue weighted by atomic mass is 10.3. The van der Waals surface area contributed by atoms with E-state index < -0.39 is 0 Å². The highest BCUT2D eigenvalue weighted by atomic mass is 16.5. The Morgan fingerprint density at radius 2 is 2.21 bits per heavy atom. The van der Waals surface area contributed by atoms with Crippen LogP contribution >= 0.6 is 0 Å². The van der Waals surface area contributed by atoms with Gasteiger partial charge in [-0.05, 0) is 0 Å². The Morgan fingerprint density at radius 3 is 2.89 bits per heavy atom. The van der Waals surface area contributed by atoms with Crippen LogP contribution in [0.4, 0.5) is 5.82 Å². The number of ether oxygens (including phenoxy) is 1. The number of carbonyl (C=O) groups is 1. The zero-order valence-corrected chi connectivity index (χ0v) is 11.7. The average molecular weight is 264 g/mol. The zero-order valence-electron chi connectivity index (χ0n) is 11.7. The quantitative estimate of drug-likeness (QED) is 0.809. The van der Waals surface area contributed by atoms with Crippen LogP contribution in [0.15, 0.2) is 12.4 Å².